The van der Waals surface area contributed by atoms with Gasteiger partial charge >= 0.3 is 0 Å². The average molecular weight is 381 g/mol. The van der Waals surface area contributed by atoms with Crippen LogP contribution < -0.4 is 0 Å². The molecule has 3 rings (SSSR count). The number of nitrogens with zero attached hydrogens (tertiary/aromatic N) is 1. The topological polar surface area (TPSA) is 46.5 Å². The number of aliphatic imine (C=N–C) groups is 1. The summed E-state index contributed by atoms with van der Waals surface area (Å²) in [6, 6.07) is 5.71. The lowest BCUT2D eigenvalue weighted by Crippen LogP contribution is -2.27. The molecule has 3 nitrogen and oxygen atoms in total. The smallest absolute Gasteiger partial charge is 0.152 e. The van der Waals surface area contributed by atoms with Gasteiger partial charge in [-0.05, 0) is 81.2 Å². The predicted octanol–water partition coefficient (Wildman–Crippen LogP) is 4.48. The van der Waals surface area contributed by atoms with Gasteiger partial charge in [-0.25, -0.2) is 17.2 Å². The van der Waals surface area contributed by atoms with Crippen molar-refractivity contribution in [3.63, 3.8) is 0 Å². The summed E-state index contributed by atoms with van der Waals surface area (Å²) >= 11 is 0. The Balaban J connectivity index is 1.64. The number of rotatable bonds is 5. The Kier molecular flexibility index (Phi) is 5.61. The van der Waals surface area contributed by atoms with E-state index in [1.54, 1.807) is 26.0 Å². The van der Waals surface area contributed by atoms with Gasteiger partial charge in [-0.2, -0.15) is 0 Å². The monoisotopic (exact) mass is 381 g/mol. The van der Waals surface area contributed by atoms with Gasteiger partial charge in [0, 0.05) is 5.56 Å². The molecule has 26 heavy (non-hydrogen) atoms. The fourth-order valence-corrected chi connectivity index (χ4v) is 5.16. The molecule has 1 aliphatic carbocycles. The quantitative estimate of drug-likeness (QED) is 0.755. The molecule has 6 heteroatoms. The molecule has 0 radical (unpaired) electrons. The molecular formula is C20H25F2NO2S. The van der Waals surface area contributed by atoms with Crippen molar-refractivity contribution in [3.05, 3.63) is 47.0 Å². The van der Waals surface area contributed by atoms with Crippen LogP contribution in [0.1, 0.15) is 45.1 Å². The first kappa shape index (κ1) is 19.2. The van der Waals surface area contributed by atoms with Gasteiger partial charge in [-0.1, -0.05) is 0 Å². The minimum absolute atomic E-state index is 0.120. The fraction of sp³-hybridized carbons (Fsp3) is 0.550. The summed E-state index contributed by atoms with van der Waals surface area (Å²) in [6.07, 6.45) is 3.21. The average Bonchev–Trinajstić information content (AvgIpc) is 2.97. The van der Waals surface area contributed by atoms with Crippen LogP contribution in [0.5, 0.6) is 0 Å². The lowest BCUT2D eigenvalue weighted by molar-refractivity contribution is 0.316. The van der Waals surface area contributed by atoms with Crippen molar-refractivity contribution < 1.29 is 17.2 Å². The van der Waals surface area contributed by atoms with Crippen molar-refractivity contribution in [2.75, 3.05) is 12.3 Å². The first-order chi connectivity index (χ1) is 12.3. The van der Waals surface area contributed by atoms with E-state index in [0.29, 0.717) is 17.8 Å². The second-order valence-electron chi connectivity index (χ2n) is 7.61. The van der Waals surface area contributed by atoms with Gasteiger partial charge in [-0.15, -0.1) is 0 Å². The number of sulfone groups is 1. The third-order valence-corrected chi connectivity index (χ3v) is 7.91. The standard InChI is InChI=1S/C20H25F2NO2S/c1-13(2)26(24,25)12-14-3-5-15(6-4-14)18-11-23-20(19(18)22)16-7-9-17(21)10-8-16/h7-10,13-15H,3-6,11-12H2,1-2H3. The molecule has 1 aliphatic heterocycles. The predicted molar refractivity (Wildman–Crippen MR) is 100 cm³/mol. The number of hydrogen-bond acceptors (Lipinski definition) is 3. The van der Waals surface area contributed by atoms with E-state index in [1.807, 2.05) is 0 Å². The molecule has 1 saturated carbocycles. The van der Waals surface area contributed by atoms with Gasteiger partial charge in [0.1, 0.15) is 17.4 Å². The number of halogens is 2. The van der Waals surface area contributed by atoms with Crippen LogP contribution in [-0.2, 0) is 9.84 Å². The van der Waals surface area contributed by atoms with E-state index in [4.69, 9.17) is 0 Å². The van der Waals surface area contributed by atoms with E-state index < -0.39 is 9.84 Å². The lowest BCUT2D eigenvalue weighted by Gasteiger charge is -2.29. The maximum absolute atomic E-state index is 14.9. The highest BCUT2D eigenvalue weighted by Crippen LogP contribution is 2.38. The molecule has 1 fully saturated rings. The number of benzene rings is 1. The van der Waals surface area contributed by atoms with Crippen LogP contribution in [0.4, 0.5) is 8.78 Å². The van der Waals surface area contributed by atoms with Crippen molar-refractivity contribution in [2.45, 2.75) is 44.8 Å². The van der Waals surface area contributed by atoms with Crippen LogP contribution >= 0.6 is 0 Å². The Bertz CT molecular complexity index is 818. The van der Waals surface area contributed by atoms with E-state index in [1.165, 1.54) is 12.1 Å². The summed E-state index contributed by atoms with van der Waals surface area (Å²) in [6.45, 7) is 3.78. The van der Waals surface area contributed by atoms with Crippen molar-refractivity contribution in [1.29, 1.82) is 0 Å². The molecule has 0 atom stereocenters. The molecule has 0 bridgehead atoms. The molecule has 0 spiro atoms. The minimum atomic E-state index is -3.03. The highest BCUT2D eigenvalue weighted by atomic mass is 32.2. The van der Waals surface area contributed by atoms with Crippen molar-refractivity contribution >= 4 is 15.5 Å². The maximum Gasteiger partial charge on any atom is 0.152 e. The van der Waals surface area contributed by atoms with E-state index in [0.717, 1.165) is 31.3 Å². The van der Waals surface area contributed by atoms with Crippen molar-refractivity contribution in [3.8, 4) is 0 Å². The zero-order valence-electron chi connectivity index (χ0n) is 15.2. The molecule has 142 valence electrons. The van der Waals surface area contributed by atoms with Crippen LogP contribution in [0.3, 0.4) is 0 Å². The summed E-state index contributed by atoms with van der Waals surface area (Å²) in [5.41, 5.74) is 1.62. The second-order valence-corrected chi connectivity index (χ2v) is 10.2. The lowest BCUT2D eigenvalue weighted by atomic mass is 9.79. The normalized spacial score (nSPS) is 24.3. The third-order valence-electron chi connectivity index (χ3n) is 5.54. The summed E-state index contributed by atoms with van der Waals surface area (Å²) in [5, 5.41) is -0.345. The van der Waals surface area contributed by atoms with E-state index in [2.05, 4.69) is 4.99 Å². The SMILES string of the molecule is CC(C)S(=O)(=O)CC1CCC(C2=C(F)C(c3ccc(F)cc3)=NC2)CC1. The summed E-state index contributed by atoms with van der Waals surface area (Å²) in [5.74, 6) is -0.117. The molecule has 1 aromatic rings. The van der Waals surface area contributed by atoms with Gasteiger partial charge in [0.15, 0.2) is 9.84 Å². The molecule has 1 heterocycles. The summed E-state index contributed by atoms with van der Waals surface area (Å²) < 4.78 is 52.1. The Morgan fingerprint density at radius 3 is 2.27 bits per heavy atom. The van der Waals surface area contributed by atoms with Crippen LogP contribution in [0.2, 0.25) is 0 Å². The summed E-state index contributed by atoms with van der Waals surface area (Å²) in [4.78, 5) is 4.32. The van der Waals surface area contributed by atoms with Gasteiger partial charge in [-0.3, -0.25) is 4.99 Å². The number of allylic oxidation sites excluding steroid dienone is 1. The Hall–Kier alpha value is -1.56. The molecule has 2 aliphatic rings. The van der Waals surface area contributed by atoms with Crippen molar-refractivity contribution in [1.82, 2.24) is 0 Å². The van der Waals surface area contributed by atoms with Crippen LogP contribution in [-0.4, -0.2) is 31.7 Å². The summed E-state index contributed by atoms with van der Waals surface area (Å²) in [7, 11) is -3.03. The molecule has 0 aromatic heterocycles. The molecule has 0 unspecified atom stereocenters. The Labute approximate surface area is 154 Å². The molecule has 0 N–H and O–H groups in total. The van der Waals surface area contributed by atoms with E-state index in [9.17, 15) is 17.2 Å². The van der Waals surface area contributed by atoms with Gasteiger partial charge < -0.3 is 0 Å². The van der Waals surface area contributed by atoms with E-state index >= 15 is 0 Å². The Morgan fingerprint density at radius 2 is 1.69 bits per heavy atom. The van der Waals surface area contributed by atoms with E-state index in [-0.39, 0.29) is 34.5 Å². The highest BCUT2D eigenvalue weighted by molar-refractivity contribution is 7.91. The van der Waals surface area contributed by atoms with Crippen LogP contribution in [0.15, 0.2) is 40.7 Å². The largest absolute Gasteiger partial charge is 0.277 e. The second kappa shape index (κ2) is 7.59. The maximum atomic E-state index is 14.9. The fourth-order valence-electron chi connectivity index (χ4n) is 3.79. The Morgan fingerprint density at radius 1 is 1.08 bits per heavy atom. The van der Waals surface area contributed by atoms with Gasteiger partial charge in [0.05, 0.1) is 17.5 Å². The molecular weight excluding hydrogens is 356 g/mol. The van der Waals surface area contributed by atoms with Gasteiger partial charge in [0.25, 0.3) is 0 Å². The first-order valence-electron chi connectivity index (χ1n) is 9.19. The van der Waals surface area contributed by atoms with Crippen LogP contribution in [0, 0.1) is 17.7 Å². The highest BCUT2D eigenvalue weighted by Gasteiger charge is 2.32. The third kappa shape index (κ3) is 4.05. The molecule has 1 aromatic carbocycles. The van der Waals surface area contributed by atoms with Crippen molar-refractivity contribution in [2.24, 2.45) is 16.8 Å². The van der Waals surface area contributed by atoms with Gasteiger partial charge in [0.2, 0.25) is 0 Å². The molecule has 0 saturated heterocycles. The minimum Gasteiger partial charge on any atom is -0.277 e. The zero-order chi connectivity index (χ0) is 18.9. The molecule has 0 amide bonds. The van der Waals surface area contributed by atoms with Crippen LogP contribution in [0.25, 0.3) is 0 Å². The first-order valence-corrected chi connectivity index (χ1v) is 10.9. The number of hydrogen-bond donors (Lipinski definition) is 0. The zero-order valence-corrected chi connectivity index (χ0v) is 16.0.